The first kappa shape index (κ1) is 18.9. The molecule has 0 saturated heterocycles. The Morgan fingerprint density at radius 3 is 2.66 bits per heavy atom. The van der Waals surface area contributed by atoms with E-state index < -0.39 is 4.92 Å². The topological polar surface area (TPSA) is 106 Å². The largest absolute Gasteiger partial charge is 0.350 e. The third kappa shape index (κ3) is 3.77. The quantitative estimate of drug-likeness (QED) is 0.305. The Labute approximate surface area is 169 Å². The van der Waals surface area contributed by atoms with Gasteiger partial charge in [0.05, 0.1) is 10.6 Å². The highest BCUT2D eigenvalue weighted by molar-refractivity contribution is 7.98. The molecular formula is C20H17N5O3S. The number of benzene rings is 2. The molecule has 9 heteroatoms. The first-order chi connectivity index (χ1) is 13.9. The number of non-ortho nitro benzene ring substituents is 1. The summed E-state index contributed by atoms with van der Waals surface area (Å²) in [6.07, 6.45) is 0. The summed E-state index contributed by atoms with van der Waals surface area (Å²) < 4.78 is 1.27. The second-order valence-corrected chi connectivity index (χ2v) is 7.59. The molecule has 0 aliphatic rings. The van der Waals surface area contributed by atoms with E-state index in [2.05, 4.69) is 15.1 Å². The zero-order chi connectivity index (χ0) is 20.5. The van der Waals surface area contributed by atoms with Crippen LogP contribution in [0.25, 0.3) is 16.8 Å². The van der Waals surface area contributed by atoms with Gasteiger partial charge < -0.3 is 0 Å². The lowest BCUT2D eigenvalue weighted by Crippen LogP contribution is -2.19. The van der Waals surface area contributed by atoms with Gasteiger partial charge in [-0.05, 0) is 25.0 Å². The van der Waals surface area contributed by atoms with Gasteiger partial charge in [-0.1, -0.05) is 53.7 Å². The Kier molecular flexibility index (Phi) is 4.89. The Bertz CT molecular complexity index is 1280. The number of nitro groups is 1. The maximum Gasteiger partial charge on any atom is 0.350 e. The summed E-state index contributed by atoms with van der Waals surface area (Å²) in [7, 11) is 0. The monoisotopic (exact) mass is 407 g/mol. The van der Waals surface area contributed by atoms with Crippen molar-refractivity contribution in [2.75, 3.05) is 0 Å². The van der Waals surface area contributed by atoms with Gasteiger partial charge >= 0.3 is 5.69 Å². The van der Waals surface area contributed by atoms with Gasteiger partial charge in [0.25, 0.3) is 5.69 Å². The lowest BCUT2D eigenvalue weighted by atomic mass is 10.0. The highest BCUT2D eigenvalue weighted by Gasteiger charge is 2.16. The molecule has 0 saturated carbocycles. The molecular weight excluding hydrogens is 390 g/mol. The number of nitro benzene ring substituents is 1. The molecule has 0 aliphatic carbocycles. The van der Waals surface area contributed by atoms with Gasteiger partial charge in [0.2, 0.25) is 0 Å². The van der Waals surface area contributed by atoms with Gasteiger partial charge in [-0.3, -0.25) is 15.1 Å². The predicted octanol–water partition coefficient (Wildman–Crippen LogP) is 3.90. The minimum absolute atomic E-state index is 0.0353. The number of aryl methyl sites for hydroxylation is 2. The Morgan fingerprint density at radius 2 is 1.93 bits per heavy atom. The highest BCUT2D eigenvalue weighted by Crippen LogP contribution is 2.28. The van der Waals surface area contributed by atoms with Crippen LogP contribution in [-0.2, 0) is 5.75 Å². The van der Waals surface area contributed by atoms with Crippen molar-refractivity contribution >= 4 is 23.1 Å². The standard InChI is InChI=1S/C20H17N5O3S/c1-12-6-8-15(9-7-12)17-13(2)23-24-18(17)21-19(22-20(24)26)29-11-14-4-3-5-16(10-14)25(27)28/h3-10H,11H2,1-2H3,(H,21,22,26). The molecule has 2 heterocycles. The lowest BCUT2D eigenvalue weighted by molar-refractivity contribution is -0.384. The molecule has 146 valence electrons. The molecule has 2 aromatic carbocycles. The van der Waals surface area contributed by atoms with E-state index in [9.17, 15) is 14.9 Å². The van der Waals surface area contributed by atoms with E-state index in [0.29, 0.717) is 22.3 Å². The number of aromatic amines is 1. The van der Waals surface area contributed by atoms with E-state index in [0.717, 1.165) is 22.3 Å². The summed E-state index contributed by atoms with van der Waals surface area (Å²) in [6, 6.07) is 14.4. The van der Waals surface area contributed by atoms with Crippen molar-refractivity contribution < 1.29 is 4.92 Å². The molecule has 8 nitrogen and oxygen atoms in total. The summed E-state index contributed by atoms with van der Waals surface area (Å²) in [4.78, 5) is 30.3. The number of nitrogens with zero attached hydrogens (tertiary/aromatic N) is 4. The Morgan fingerprint density at radius 1 is 1.17 bits per heavy atom. The SMILES string of the molecule is Cc1ccc(-c2c(C)nn3c(=O)[nH]c(SCc4cccc([N+](=O)[O-])c4)nc23)cc1. The number of nitrogens with one attached hydrogen (secondary N) is 1. The van der Waals surface area contributed by atoms with Crippen LogP contribution in [0.1, 0.15) is 16.8 Å². The highest BCUT2D eigenvalue weighted by atomic mass is 32.2. The number of thioether (sulfide) groups is 1. The van der Waals surface area contributed by atoms with Crippen LogP contribution < -0.4 is 5.69 Å². The molecule has 0 bridgehead atoms. The molecule has 4 rings (SSSR count). The van der Waals surface area contributed by atoms with E-state index in [4.69, 9.17) is 0 Å². The maximum atomic E-state index is 12.5. The van der Waals surface area contributed by atoms with Crippen molar-refractivity contribution in [3.63, 3.8) is 0 Å². The van der Waals surface area contributed by atoms with E-state index in [-0.39, 0.29) is 11.4 Å². The second-order valence-electron chi connectivity index (χ2n) is 6.62. The molecule has 0 amide bonds. The van der Waals surface area contributed by atoms with E-state index in [1.807, 2.05) is 38.1 Å². The molecule has 4 aromatic rings. The van der Waals surface area contributed by atoms with Crippen LogP contribution in [-0.4, -0.2) is 24.5 Å². The van der Waals surface area contributed by atoms with E-state index in [1.165, 1.54) is 28.4 Å². The fourth-order valence-corrected chi connectivity index (χ4v) is 3.86. The molecule has 0 atom stereocenters. The smallest absolute Gasteiger partial charge is 0.285 e. The van der Waals surface area contributed by atoms with Crippen LogP contribution in [0.15, 0.2) is 58.5 Å². The van der Waals surface area contributed by atoms with Crippen molar-refractivity contribution in [2.24, 2.45) is 0 Å². The lowest BCUT2D eigenvalue weighted by Gasteiger charge is -2.04. The molecule has 2 aromatic heterocycles. The fraction of sp³-hybridized carbons (Fsp3) is 0.150. The van der Waals surface area contributed by atoms with Crippen LogP contribution in [0, 0.1) is 24.0 Å². The van der Waals surface area contributed by atoms with Crippen LogP contribution >= 0.6 is 11.8 Å². The van der Waals surface area contributed by atoms with Crippen LogP contribution in [0.5, 0.6) is 0 Å². The molecule has 0 fully saturated rings. The van der Waals surface area contributed by atoms with E-state index in [1.54, 1.807) is 12.1 Å². The van der Waals surface area contributed by atoms with Crippen molar-refractivity contribution in [2.45, 2.75) is 24.8 Å². The number of fused-ring (bicyclic) bond motifs is 1. The number of aromatic nitrogens is 4. The third-order valence-electron chi connectivity index (χ3n) is 4.49. The van der Waals surface area contributed by atoms with Crippen molar-refractivity contribution in [1.82, 2.24) is 19.6 Å². The minimum Gasteiger partial charge on any atom is -0.285 e. The Hall–Kier alpha value is -3.46. The summed E-state index contributed by atoms with van der Waals surface area (Å²) in [6.45, 7) is 3.86. The third-order valence-corrected chi connectivity index (χ3v) is 5.43. The van der Waals surface area contributed by atoms with Crippen molar-refractivity contribution in [3.05, 3.63) is 86.0 Å². The van der Waals surface area contributed by atoms with Crippen LogP contribution in [0.3, 0.4) is 0 Å². The second kappa shape index (κ2) is 7.51. The van der Waals surface area contributed by atoms with Gasteiger partial charge in [0.15, 0.2) is 10.8 Å². The van der Waals surface area contributed by atoms with E-state index >= 15 is 0 Å². The summed E-state index contributed by atoms with van der Waals surface area (Å²) in [5.41, 5.74) is 4.52. The maximum absolute atomic E-state index is 12.5. The first-order valence-electron chi connectivity index (χ1n) is 8.85. The van der Waals surface area contributed by atoms with Gasteiger partial charge in [0.1, 0.15) is 0 Å². The van der Waals surface area contributed by atoms with Crippen LogP contribution in [0.4, 0.5) is 5.69 Å². The fourth-order valence-electron chi connectivity index (χ4n) is 3.07. The van der Waals surface area contributed by atoms with Crippen LogP contribution in [0.2, 0.25) is 0 Å². The summed E-state index contributed by atoms with van der Waals surface area (Å²) in [5.74, 6) is 0.438. The van der Waals surface area contributed by atoms with Crippen molar-refractivity contribution in [3.8, 4) is 11.1 Å². The van der Waals surface area contributed by atoms with Gasteiger partial charge in [-0.25, -0.2) is 9.78 Å². The number of hydrogen-bond donors (Lipinski definition) is 1. The Balaban J connectivity index is 1.70. The molecule has 0 radical (unpaired) electrons. The number of hydrogen-bond acceptors (Lipinski definition) is 6. The normalized spacial score (nSPS) is 11.1. The van der Waals surface area contributed by atoms with Gasteiger partial charge in [-0.2, -0.15) is 9.61 Å². The molecule has 0 unspecified atom stereocenters. The molecule has 29 heavy (non-hydrogen) atoms. The number of H-pyrrole nitrogens is 1. The zero-order valence-corrected chi connectivity index (χ0v) is 16.6. The molecule has 0 spiro atoms. The van der Waals surface area contributed by atoms with Crippen molar-refractivity contribution in [1.29, 1.82) is 0 Å². The summed E-state index contributed by atoms with van der Waals surface area (Å²) in [5, 5.41) is 15.7. The predicted molar refractivity (Wildman–Crippen MR) is 111 cm³/mol. The minimum atomic E-state index is -0.427. The van der Waals surface area contributed by atoms with Gasteiger partial charge in [-0.15, -0.1) is 0 Å². The number of rotatable bonds is 5. The molecule has 1 N–H and O–H groups in total. The van der Waals surface area contributed by atoms with Gasteiger partial charge in [0, 0.05) is 23.4 Å². The average Bonchev–Trinajstić information content (AvgIpc) is 3.04. The zero-order valence-electron chi connectivity index (χ0n) is 15.7. The average molecular weight is 407 g/mol. The summed E-state index contributed by atoms with van der Waals surface area (Å²) >= 11 is 1.31. The molecule has 0 aliphatic heterocycles. The first-order valence-corrected chi connectivity index (χ1v) is 9.84.